The number of benzene rings is 2. The number of nitrogens with zero attached hydrogens (tertiary/aromatic N) is 2. The average Bonchev–Trinajstić information content (AvgIpc) is 3.05. The van der Waals surface area contributed by atoms with E-state index in [1.807, 2.05) is 24.3 Å². The topological polar surface area (TPSA) is 89.6 Å². The summed E-state index contributed by atoms with van der Waals surface area (Å²) in [6.07, 6.45) is 5.04. The van der Waals surface area contributed by atoms with E-state index in [2.05, 4.69) is 27.2 Å². The van der Waals surface area contributed by atoms with E-state index in [-0.39, 0.29) is 0 Å². The molecule has 32 heavy (non-hydrogen) atoms. The molecule has 0 aliphatic carbocycles. The van der Waals surface area contributed by atoms with Gasteiger partial charge < -0.3 is 15.0 Å². The predicted molar refractivity (Wildman–Crippen MR) is 132 cm³/mol. The third-order valence-corrected chi connectivity index (χ3v) is 6.58. The summed E-state index contributed by atoms with van der Waals surface area (Å²) in [4.78, 5) is 2.47. The number of nitrogens with two attached hydrogens (primary N) is 1. The van der Waals surface area contributed by atoms with Crippen LogP contribution in [0.5, 0.6) is 5.75 Å². The number of fused-ring (bicyclic) bond motifs is 1. The third-order valence-electron chi connectivity index (χ3n) is 5.98. The molecule has 1 fully saturated rings. The summed E-state index contributed by atoms with van der Waals surface area (Å²) < 4.78 is 33.7. The highest BCUT2D eigenvalue weighted by Gasteiger charge is 2.17. The van der Waals surface area contributed by atoms with Gasteiger partial charge in [0.05, 0.1) is 23.2 Å². The van der Waals surface area contributed by atoms with Gasteiger partial charge in [-0.05, 0) is 57.1 Å². The van der Waals surface area contributed by atoms with Crippen LogP contribution in [-0.4, -0.2) is 50.4 Å². The molecule has 0 spiro atoms. The Bertz CT molecular complexity index is 1180. The van der Waals surface area contributed by atoms with Crippen LogP contribution in [0.1, 0.15) is 26.2 Å². The van der Waals surface area contributed by atoms with Gasteiger partial charge in [-0.15, -0.1) is 0 Å². The number of piperidine rings is 1. The van der Waals surface area contributed by atoms with Crippen LogP contribution in [0, 0.1) is 0 Å². The number of aryl methyl sites for hydroxylation is 1. The minimum Gasteiger partial charge on any atom is -0.492 e. The third kappa shape index (κ3) is 5.02. The lowest BCUT2D eigenvalue weighted by molar-refractivity contribution is 0.183. The van der Waals surface area contributed by atoms with Gasteiger partial charge in [0.2, 0.25) is 10.0 Å². The van der Waals surface area contributed by atoms with Gasteiger partial charge in [0, 0.05) is 35.8 Å². The highest BCUT2D eigenvalue weighted by Crippen LogP contribution is 2.38. The van der Waals surface area contributed by atoms with Crippen molar-refractivity contribution in [3.63, 3.8) is 0 Å². The van der Waals surface area contributed by atoms with E-state index >= 15 is 0 Å². The number of likely N-dealkylation sites (tertiary alicyclic amines) is 1. The summed E-state index contributed by atoms with van der Waals surface area (Å²) in [5, 5.41) is 0.989. The zero-order chi connectivity index (χ0) is 22.7. The number of hydrogen-bond acceptors (Lipinski definition) is 5. The molecule has 2 aromatic carbocycles. The number of aromatic nitrogens is 1. The maximum Gasteiger partial charge on any atom is 0.229 e. The number of hydrogen-bond donors (Lipinski definition) is 2. The molecule has 0 saturated carbocycles. The smallest absolute Gasteiger partial charge is 0.229 e. The summed E-state index contributed by atoms with van der Waals surface area (Å²) in [5.74, 6) is 0.848. The fraction of sp³-hybridized carbons (Fsp3) is 0.417. The molecular weight excluding hydrogens is 424 g/mol. The molecule has 0 atom stereocenters. The van der Waals surface area contributed by atoms with E-state index in [9.17, 15) is 8.42 Å². The van der Waals surface area contributed by atoms with Crippen molar-refractivity contribution in [1.82, 2.24) is 9.47 Å². The van der Waals surface area contributed by atoms with Gasteiger partial charge in [-0.25, -0.2) is 8.42 Å². The van der Waals surface area contributed by atoms with Crippen LogP contribution in [0.15, 0.2) is 42.5 Å². The monoisotopic (exact) mass is 456 g/mol. The van der Waals surface area contributed by atoms with E-state index in [4.69, 9.17) is 10.5 Å². The van der Waals surface area contributed by atoms with E-state index < -0.39 is 10.0 Å². The summed E-state index contributed by atoms with van der Waals surface area (Å²) in [7, 11) is -3.31. The van der Waals surface area contributed by atoms with Gasteiger partial charge in [0.1, 0.15) is 12.4 Å². The molecule has 0 amide bonds. The van der Waals surface area contributed by atoms with Gasteiger partial charge in [0.25, 0.3) is 0 Å². The summed E-state index contributed by atoms with van der Waals surface area (Å²) in [6.45, 7) is 6.80. The van der Waals surface area contributed by atoms with Gasteiger partial charge in [-0.2, -0.15) is 0 Å². The molecule has 0 unspecified atom stereocenters. The van der Waals surface area contributed by atoms with Crippen LogP contribution in [-0.2, 0) is 16.6 Å². The van der Waals surface area contributed by atoms with Crippen molar-refractivity contribution in [2.24, 2.45) is 0 Å². The minimum absolute atomic E-state index is 0.526. The zero-order valence-electron chi connectivity index (χ0n) is 18.8. The number of rotatable bonds is 8. The molecule has 4 rings (SSSR count). The summed E-state index contributed by atoms with van der Waals surface area (Å²) in [6, 6.07) is 13.4. The lowest BCUT2D eigenvalue weighted by atomic mass is 10.1. The van der Waals surface area contributed by atoms with Crippen molar-refractivity contribution in [3.8, 4) is 17.0 Å². The van der Waals surface area contributed by atoms with Crippen molar-refractivity contribution in [3.05, 3.63) is 42.5 Å². The van der Waals surface area contributed by atoms with Crippen molar-refractivity contribution < 1.29 is 13.2 Å². The first kappa shape index (κ1) is 22.5. The Kier molecular flexibility index (Phi) is 6.62. The molecule has 2 heterocycles. The number of sulfonamides is 1. The molecule has 1 aromatic heterocycles. The van der Waals surface area contributed by atoms with E-state index in [1.54, 1.807) is 12.1 Å². The van der Waals surface area contributed by atoms with Crippen molar-refractivity contribution in [1.29, 1.82) is 0 Å². The van der Waals surface area contributed by atoms with Gasteiger partial charge in [0.15, 0.2) is 0 Å². The van der Waals surface area contributed by atoms with Crippen molar-refractivity contribution in [2.45, 2.75) is 32.7 Å². The maximum absolute atomic E-state index is 11.5. The molecule has 0 radical (unpaired) electrons. The van der Waals surface area contributed by atoms with Crippen molar-refractivity contribution in [2.75, 3.05) is 43.0 Å². The molecule has 3 aromatic rings. The maximum atomic E-state index is 11.5. The van der Waals surface area contributed by atoms with Crippen LogP contribution in [0.2, 0.25) is 0 Å². The van der Waals surface area contributed by atoms with Gasteiger partial charge in [-0.1, -0.05) is 18.6 Å². The van der Waals surface area contributed by atoms with Crippen LogP contribution in [0.25, 0.3) is 22.2 Å². The second-order valence-electron chi connectivity index (χ2n) is 8.39. The number of anilines is 2. The molecular formula is C24H32N4O3S. The normalized spacial score (nSPS) is 15.2. The molecule has 8 heteroatoms. The molecule has 7 nitrogen and oxygen atoms in total. The fourth-order valence-corrected chi connectivity index (χ4v) is 5.04. The molecule has 0 bridgehead atoms. The first-order valence-electron chi connectivity index (χ1n) is 11.2. The lowest BCUT2D eigenvalue weighted by Crippen LogP contribution is -2.33. The van der Waals surface area contributed by atoms with E-state index in [0.717, 1.165) is 47.3 Å². The van der Waals surface area contributed by atoms with Gasteiger partial charge >= 0.3 is 0 Å². The summed E-state index contributed by atoms with van der Waals surface area (Å²) >= 11 is 0. The Balaban J connectivity index is 1.57. The Morgan fingerprint density at radius 3 is 2.44 bits per heavy atom. The van der Waals surface area contributed by atoms with Crippen LogP contribution in [0.3, 0.4) is 0 Å². The molecule has 1 aliphatic heterocycles. The Hall–Kier alpha value is -2.71. The highest BCUT2D eigenvalue weighted by molar-refractivity contribution is 7.92. The number of nitrogens with one attached hydrogen (secondary N) is 1. The first-order valence-corrected chi connectivity index (χ1v) is 13.1. The van der Waals surface area contributed by atoms with Gasteiger partial charge in [-0.3, -0.25) is 9.62 Å². The molecule has 1 aliphatic rings. The number of ether oxygens (including phenoxy) is 1. The van der Waals surface area contributed by atoms with Crippen LogP contribution >= 0.6 is 0 Å². The molecule has 172 valence electrons. The standard InChI is InChI=1S/C24H32N4O3S/c1-3-28-22-17-20(31-16-15-27-13-5-4-6-14-27)11-12-21(22)23(25)24(28)18-7-9-19(10-8-18)26-32(2,29)30/h7-12,17,26H,3-6,13-16,25H2,1-2H3. The second-order valence-corrected chi connectivity index (χ2v) is 10.1. The van der Waals surface area contributed by atoms with Crippen LogP contribution < -0.4 is 15.2 Å². The molecule has 3 N–H and O–H groups in total. The predicted octanol–water partition coefficient (Wildman–Crippen LogP) is 4.15. The SMILES string of the molecule is CCn1c(-c2ccc(NS(C)(=O)=O)cc2)c(N)c2ccc(OCCN3CCCCC3)cc21. The fourth-order valence-electron chi connectivity index (χ4n) is 4.47. The number of nitrogen functional groups attached to an aromatic ring is 1. The largest absolute Gasteiger partial charge is 0.492 e. The minimum atomic E-state index is -3.31. The van der Waals surface area contributed by atoms with E-state index in [0.29, 0.717) is 18.0 Å². The first-order chi connectivity index (χ1) is 15.4. The molecule has 1 saturated heterocycles. The Morgan fingerprint density at radius 2 is 1.78 bits per heavy atom. The summed E-state index contributed by atoms with van der Waals surface area (Å²) in [5.41, 5.74) is 10.7. The van der Waals surface area contributed by atoms with Crippen LogP contribution in [0.4, 0.5) is 11.4 Å². The highest BCUT2D eigenvalue weighted by atomic mass is 32.2. The quantitative estimate of drug-likeness (QED) is 0.532. The van der Waals surface area contributed by atoms with Crippen molar-refractivity contribution >= 4 is 32.3 Å². The van der Waals surface area contributed by atoms with E-state index in [1.165, 1.54) is 32.4 Å². The Labute approximate surface area is 190 Å². The lowest BCUT2D eigenvalue weighted by Gasteiger charge is -2.26. The Morgan fingerprint density at radius 1 is 1.06 bits per heavy atom. The average molecular weight is 457 g/mol. The zero-order valence-corrected chi connectivity index (χ0v) is 19.6. The second kappa shape index (κ2) is 9.42.